The summed E-state index contributed by atoms with van der Waals surface area (Å²) in [6, 6.07) is 11.6. The SMILES string of the molecule is Cc1ccc(C(=O)N2CCN(c3ccc(-n4ccnc4)nn3)CC2)cc1. The summed E-state index contributed by atoms with van der Waals surface area (Å²) < 4.78 is 1.81. The van der Waals surface area contributed by atoms with Crippen LogP contribution in [0.1, 0.15) is 15.9 Å². The van der Waals surface area contributed by atoms with Crippen LogP contribution in [0.3, 0.4) is 0 Å². The lowest BCUT2D eigenvalue weighted by atomic mass is 10.1. The molecule has 1 amide bonds. The lowest BCUT2D eigenvalue weighted by Gasteiger charge is -2.35. The summed E-state index contributed by atoms with van der Waals surface area (Å²) in [7, 11) is 0. The van der Waals surface area contributed by atoms with E-state index in [1.165, 1.54) is 0 Å². The minimum absolute atomic E-state index is 0.0891. The first-order valence-electron chi connectivity index (χ1n) is 8.64. The van der Waals surface area contributed by atoms with Gasteiger partial charge in [-0.15, -0.1) is 10.2 Å². The molecule has 0 bridgehead atoms. The molecular weight excluding hydrogens is 328 g/mol. The molecule has 1 aromatic carbocycles. The number of aryl methyl sites for hydroxylation is 1. The predicted molar refractivity (Wildman–Crippen MR) is 98.4 cm³/mol. The molecule has 2 aromatic heterocycles. The van der Waals surface area contributed by atoms with Gasteiger partial charge in [-0.1, -0.05) is 17.7 Å². The molecule has 0 unspecified atom stereocenters. The Balaban J connectivity index is 1.39. The normalized spacial score (nSPS) is 14.5. The van der Waals surface area contributed by atoms with E-state index in [-0.39, 0.29) is 5.91 Å². The number of hydrogen-bond acceptors (Lipinski definition) is 5. The number of nitrogens with zero attached hydrogens (tertiary/aromatic N) is 6. The maximum absolute atomic E-state index is 12.6. The molecule has 0 spiro atoms. The van der Waals surface area contributed by atoms with Crippen LogP contribution in [-0.4, -0.2) is 56.7 Å². The first-order valence-corrected chi connectivity index (χ1v) is 8.64. The maximum atomic E-state index is 12.6. The van der Waals surface area contributed by atoms with E-state index in [2.05, 4.69) is 20.1 Å². The molecule has 1 aliphatic heterocycles. The van der Waals surface area contributed by atoms with Crippen LogP contribution < -0.4 is 4.90 Å². The molecule has 0 aliphatic carbocycles. The van der Waals surface area contributed by atoms with E-state index in [1.807, 2.05) is 59.0 Å². The number of aromatic nitrogens is 4. The maximum Gasteiger partial charge on any atom is 0.253 e. The van der Waals surface area contributed by atoms with Gasteiger partial charge in [0, 0.05) is 44.1 Å². The molecule has 7 nitrogen and oxygen atoms in total. The van der Waals surface area contributed by atoms with Crippen molar-refractivity contribution < 1.29 is 4.79 Å². The third-order valence-electron chi connectivity index (χ3n) is 4.59. The van der Waals surface area contributed by atoms with Gasteiger partial charge in [0.15, 0.2) is 11.6 Å². The van der Waals surface area contributed by atoms with Gasteiger partial charge in [-0.2, -0.15) is 0 Å². The molecule has 132 valence electrons. The summed E-state index contributed by atoms with van der Waals surface area (Å²) in [5, 5.41) is 8.58. The average molecular weight is 348 g/mol. The Morgan fingerprint density at radius 3 is 2.23 bits per heavy atom. The highest BCUT2D eigenvalue weighted by Crippen LogP contribution is 2.16. The molecule has 0 N–H and O–H groups in total. The number of imidazole rings is 1. The van der Waals surface area contributed by atoms with Crippen molar-refractivity contribution in [3.05, 3.63) is 66.2 Å². The number of carbonyl (C=O) groups is 1. The van der Waals surface area contributed by atoms with Crippen molar-refractivity contribution in [1.29, 1.82) is 0 Å². The number of hydrogen-bond donors (Lipinski definition) is 0. The Hall–Kier alpha value is -3.22. The second kappa shape index (κ2) is 6.95. The molecule has 7 heteroatoms. The number of rotatable bonds is 3. The summed E-state index contributed by atoms with van der Waals surface area (Å²) >= 11 is 0. The molecule has 26 heavy (non-hydrogen) atoms. The topological polar surface area (TPSA) is 67.2 Å². The summed E-state index contributed by atoms with van der Waals surface area (Å²) in [6.07, 6.45) is 5.23. The van der Waals surface area contributed by atoms with Gasteiger partial charge in [0.25, 0.3) is 5.91 Å². The molecular formula is C19H20N6O. The van der Waals surface area contributed by atoms with E-state index in [0.717, 1.165) is 35.9 Å². The van der Waals surface area contributed by atoms with Crippen LogP contribution >= 0.6 is 0 Å². The van der Waals surface area contributed by atoms with Gasteiger partial charge in [0.1, 0.15) is 6.33 Å². The molecule has 1 aliphatic rings. The van der Waals surface area contributed by atoms with Crippen molar-refractivity contribution in [3.8, 4) is 5.82 Å². The zero-order chi connectivity index (χ0) is 17.9. The Morgan fingerprint density at radius 1 is 0.923 bits per heavy atom. The Kier molecular flexibility index (Phi) is 4.35. The van der Waals surface area contributed by atoms with Crippen molar-refractivity contribution in [2.45, 2.75) is 6.92 Å². The van der Waals surface area contributed by atoms with Gasteiger partial charge in [-0.05, 0) is 31.2 Å². The largest absolute Gasteiger partial charge is 0.352 e. The molecule has 3 aromatic rings. The second-order valence-corrected chi connectivity index (χ2v) is 6.36. The van der Waals surface area contributed by atoms with Gasteiger partial charge in [0.2, 0.25) is 0 Å². The standard InChI is InChI=1S/C19H20N6O/c1-15-2-4-16(5-3-15)19(26)24-12-10-23(11-13-24)17-6-7-18(22-21-17)25-9-8-20-14-25/h2-9,14H,10-13H2,1H3. The number of anilines is 1. The zero-order valence-electron chi connectivity index (χ0n) is 14.6. The van der Waals surface area contributed by atoms with Crippen LogP contribution in [0, 0.1) is 6.92 Å². The van der Waals surface area contributed by atoms with Crippen LogP contribution in [-0.2, 0) is 0 Å². The number of amides is 1. The minimum atomic E-state index is 0.0891. The lowest BCUT2D eigenvalue weighted by Crippen LogP contribution is -2.49. The fourth-order valence-corrected chi connectivity index (χ4v) is 3.04. The van der Waals surface area contributed by atoms with Crippen LogP contribution in [0.15, 0.2) is 55.1 Å². The molecule has 0 radical (unpaired) electrons. The van der Waals surface area contributed by atoms with Crippen molar-refractivity contribution >= 4 is 11.7 Å². The summed E-state index contributed by atoms with van der Waals surface area (Å²) in [5.41, 5.74) is 1.90. The lowest BCUT2D eigenvalue weighted by molar-refractivity contribution is 0.0746. The van der Waals surface area contributed by atoms with Gasteiger partial charge in [-0.25, -0.2) is 4.98 Å². The van der Waals surface area contributed by atoms with Crippen molar-refractivity contribution in [3.63, 3.8) is 0 Å². The van der Waals surface area contributed by atoms with E-state index >= 15 is 0 Å². The predicted octanol–water partition coefficient (Wildman–Crippen LogP) is 1.93. The quantitative estimate of drug-likeness (QED) is 0.724. The van der Waals surface area contributed by atoms with E-state index in [0.29, 0.717) is 13.1 Å². The van der Waals surface area contributed by atoms with Crippen molar-refractivity contribution in [2.75, 3.05) is 31.1 Å². The van der Waals surface area contributed by atoms with Crippen molar-refractivity contribution in [2.24, 2.45) is 0 Å². The average Bonchev–Trinajstić information content (AvgIpc) is 3.23. The number of benzene rings is 1. The summed E-state index contributed by atoms with van der Waals surface area (Å²) in [4.78, 5) is 20.7. The highest BCUT2D eigenvalue weighted by Gasteiger charge is 2.23. The smallest absolute Gasteiger partial charge is 0.253 e. The van der Waals surface area contributed by atoms with Gasteiger partial charge < -0.3 is 9.80 Å². The van der Waals surface area contributed by atoms with Gasteiger partial charge in [-0.3, -0.25) is 9.36 Å². The molecule has 0 saturated carbocycles. The second-order valence-electron chi connectivity index (χ2n) is 6.36. The summed E-state index contributed by atoms with van der Waals surface area (Å²) in [5.74, 6) is 1.65. The molecule has 3 heterocycles. The summed E-state index contributed by atoms with van der Waals surface area (Å²) in [6.45, 7) is 4.87. The third-order valence-corrected chi connectivity index (χ3v) is 4.59. The monoisotopic (exact) mass is 348 g/mol. The Morgan fingerprint density at radius 2 is 1.62 bits per heavy atom. The highest BCUT2D eigenvalue weighted by atomic mass is 16.2. The van der Waals surface area contributed by atoms with Gasteiger partial charge in [0.05, 0.1) is 0 Å². The molecule has 4 rings (SSSR count). The van der Waals surface area contributed by atoms with E-state index in [9.17, 15) is 4.79 Å². The first-order chi connectivity index (χ1) is 12.7. The van der Waals surface area contributed by atoms with E-state index in [4.69, 9.17) is 0 Å². The Bertz CT molecular complexity index is 865. The minimum Gasteiger partial charge on any atom is -0.352 e. The third kappa shape index (κ3) is 3.28. The highest BCUT2D eigenvalue weighted by molar-refractivity contribution is 5.94. The van der Waals surface area contributed by atoms with Crippen LogP contribution in [0.2, 0.25) is 0 Å². The van der Waals surface area contributed by atoms with Gasteiger partial charge >= 0.3 is 0 Å². The first kappa shape index (κ1) is 16.3. The van der Waals surface area contributed by atoms with Crippen LogP contribution in [0.25, 0.3) is 5.82 Å². The fourth-order valence-electron chi connectivity index (χ4n) is 3.04. The fraction of sp³-hybridized carbons (Fsp3) is 0.263. The molecule has 1 saturated heterocycles. The number of carbonyl (C=O) groups excluding carboxylic acids is 1. The van der Waals surface area contributed by atoms with Crippen LogP contribution in [0.4, 0.5) is 5.82 Å². The van der Waals surface area contributed by atoms with E-state index < -0.39 is 0 Å². The molecule has 1 fully saturated rings. The number of piperazine rings is 1. The van der Waals surface area contributed by atoms with Crippen molar-refractivity contribution in [1.82, 2.24) is 24.6 Å². The van der Waals surface area contributed by atoms with Crippen LogP contribution in [0.5, 0.6) is 0 Å². The zero-order valence-corrected chi connectivity index (χ0v) is 14.6. The molecule has 0 atom stereocenters. The van der Waals surface area contributed by atoms with E-state index in [1.54, 1.807) is 12.5 Å². The Labute approximate surface area is 151 Å².